The van der Waals surface area contributed by atoms with E-state index >= 15 is 0 Å². The predicted molar refractivity (Wildman–Crippen MR) is 44.9 cm³/mol. The lowest BCUT2D eigenvalue weighted by atomic mass is 10.9. The summed E-state index contributed by atoms with van der Waals surface area (Å²) >= 11 is 15.7. The van der Waals surface area contributed by atoms with Crippen LogP contribution < -0.4 is 0 Å². The minimum absolute atomic E-state index is 0.0650. The van der Waals surface area contributed by atoms with Gasteiger partial charge in [-0.1, -0.05) is 0 Å². The molecule has 0 saturated carbocycles. The van der Waals surface area contributed by atoms with Gasteiger partial charge < -0.3 is 0 Å². The van der Waals surface area contributed by atoms with Gasteiger partial charge in [-0.15, -0.1) is 34.8 Å². The van der Waals surface area contributed by atoms with Crippen LogP contribution in [0.15, 0.2) is 0 Å². The van der Waals surface area contributed by atoms with E-state index in [4.69, 9.17) is 34.8 Å². The summed E-state index contributed by atoms with van der Waals surface area (Å²) in [6.07, 6.45) is 0. The van der Waals surface area contributed by atoms with E-state index in [9.17, 15) is 8.42 Å². The van der Waals surface area contributed by atoms with E-state index in [0.29, 0.717) is 0 Å². The zero-order chi connectivity index (χ0) is 8.20. The fourth-order valence-electron chi connectivity index (χ4n) is 0.393. The van der Waals surface area contributed by atoms with Gasteiger partial charge in [-0.05, 0) is 0 Å². The Labute approximate surface area is 75.4 Å². The summed E-state index contributed by atoms with van der Waals surface area (Å²) in [4.78, 5) is -0.854. The van der Waals surface area contributed by atoms with Crippen molar-refractivity contribution >= 4 is 44.6 Å². The lowest BCUT2D eigenvalue weighted by Gasteiger charge is -2.00. The average Bonchev–Trinajstić information content (AvgIpc) is 1.59. The van der Waals surface area contributed by atoms with E-state index in [0.717, 1.165) is 0 Å². The number of rotatable bonds is 4. The first-order valence-electron chi connectivity index (χ1n) is 2.52. The molecule has 0 radical (unpaired) electrons. The van der Waals surface area contributed by atoms with Crippen LogP contribution in [0.25, 0.3) is 0 Å². The molecule has 0 aliphatic carbocycles. The molecule has 0 saturated heterocycles. The lowest BCUT2D eigenvalue weighted by Crippen LogP contribution is -2.16. The minimum Gasteiger partial charge on any atom is -0.229 e. The maximum Gasteiger partial charge on any atom is 0.154 e. The minimum atomic E-state index is -3.13. The molecule has 0 rings (SSSR count). The standard InChI is InChI=1S/C4H7Cl3O2S/c5-1-2-10(8,9)3-4(6)7/h4H,1-3H2. The van der Waals surface area contributed by atoms with Crippen LogP contribution in [0, 0.1) is 0 Å². The average molecular weight is 226 g/mol. The molecule has 0 fully saturated rings. The van der Waals surface area contributed by atoms with Crippen LogP contribution in [-0.4, -0.2) is 30.6 Å². The molecule has 0 atom stereocenters. The van der Waals surface area contributed by atoms with Gasteiger partial charge >= 0.3 is 0 Å². The van der Waals surface area contributed by atoms with Crippen molar-refractivity contribution in [3.63, 3.8) is 0 Å². The third kappa shape index (κ3) is 5.59. The molecule has 0 aromatic heterocycles. The van der Waals surface area contributed by atoms with Crippen LogP contribution in [0.5, 0.6) is 0 Å². The summed E-state index contributed by atoms with van der Waals surface area (Å²) in [7, 11) is -3.13. The molecule has 0 bridgehead atoms. The molecule has 6 heteroatoms. The molecular formula is C4H7Cl3O2S. The molecule has 0 aromatic rings. The van der Waals surface area contributed by atoms with Crippen molar-refractivity contribution < 1.29 is 8.42 Å². The van der Waals surface area contributed by atoms with Crippen LogP contribution >= 0.6 is 34.8 Å². The fourth-order valence-corrected chi connectivity index (χ4v) is 3.04. The molecule has 0 N–H and O–H groups in total. The van der Waals surface area contributed by atoms with Crippen molar-refractivity contribution in [1.82, 2.24) is 0 Å². The van der Waals surface area contributed by atoms with E-state index in [-0.39, 0.29) is 17.4 Å². The fraction of sp³-hybridized carbons (Fsp3) is 1.00. The first kappa shape index (κ1) is 10.8. The third-order valence-corrected chi connectivity index (χ3v) is 3.52. The maximum atomic E-state index is 10.8. The Morgan fingerprint density at radius 3 is 2.10 bits per heavy atom. The first-order chi connectivity index (χ1) is 4.48. The Balaban J connectivity index is 3.89. The SMILES string of the molecule is O=S(=O)(CCCl)CC(Cl)Cl. The Kier molecular flexibility index (Phi) is 5.03. The van der Waals surface area contributed by atoms with E-state index in [1.54, 1.807) is 0 Å². The van der Waals surface area contributed by atoms with Gasteiger partial charge in [-0.3, -0.25) is 0 Å². The van der Waals surface area contributed by atoms with Gasteiger partial charge in [-0.2, -0.15) is 0 Å². The first-order valence-corrected chi connectivity index (χ1v) is 5.75. The Morgan fingerprint density at radius 1 is 1.30 bits per heavy atom. The summed E-state index contributed by atoms with van der Waals surface area (Å²) in [5, 5.41) is 0. The van der Waals surface area contributed by atoms with Crippen LogP contribution in [-0.2, 0) is 9.84 Å². The summed E-state index contributed by atoms with van der Waals surface area (Å²) in [6.45, 7) is 0. The van der Waals surface area contributed by atoms with E-state index in [1.807, 2.05) is 0 Å². The highest BCUT2D eigenvalue weighted by atomic mass is 35.5. The zero-order valence-electron chi connectivity index (χ0n) is 5.06. The molecule has 0 amide bonds. The van der Waals surface area contributed by atoms with Gasteiger partial charge in [0.2, 0.25) is 0 Å². The molecular weight excluding hydrogens is 218 g/mol. The van der Waals surface area contributed by atoms with Crippen molar-refractivity contribution in [2.24, 2.45) is 0 Å². The molecule has 0 aliphatic heterocycles. The molecule has 0 spiro atoms. The van der Waals surface area contributed by atoms with Gasteiger partial charge in [-0.25, -0.2) is 8.42 Å². The predicted octanol–water partition coefficient (Wildman–Crippen LogP) is 1.44. The molecule has 0 aromatic carbocycles. The van der Waals surface area contributed by atoms with E-state index in [2.05, 4.69) is 0 Å². The van der Waals surface area contributed by atoms with Crippen molar-refractivity contribution in [2.45, 2.75) is 4.84 Å². The molecule has 0 heterocycles. The molecule has 10 heavy (non-hydrogen) atoms. The molecule has 0 aliphatic rings. The van der Waals surface area contributed by atoms with Crippen molar-refractivity contribution in [2.75, 3.05) is 17.4 Å². The summed E-state index contributed by atoms with van der Waals surface area (Å²) in [5.74, 6) is -0.198. The number of sulfone groups is 1. The molecule has 2 nitrogen and oxygen atoms in total. The van der Waals surface area contributed by atoms with Gasteiger partial charge in [0.25, 0.3) is 0 Å². The summed E-state index contributed by atoms with van der Waals surface area (Å²) in [6, 6.07) is 0. The normalized spacial score (nSPS) is 12.4. The number of hydrogen-bond acceptors (Lipinski definition) is 2. The summed E-state index contributed by atoms with van der Waals surface area (Å²) in [5.41, 5.74) is 0. The smallest absolute Gasteiger partial charge is 0.154 e. The highest BCUT2D eigenvalue weighted by Crippen LogP contribution is 2.06. The van der Waals surface area contributed by atoms with E-state index in [1.165, 1.54) is 0 Å². The number of alkyl halides is 3. The summed E-state index contributed by atoms with van der Waals surface area (Å²) < 4.78 is 21.6. The Morgan fingerprint density at radius 2 is 1.80 bits per heavy atom. The quantitative estimate of drug-likeness (QED) is 0.679. The Hall–Kier alpha value is 0.820. The van der Waals surface area contributed by atoms with Crippen LogP contribution in [0.4, 0.5) is 0 Å². The second-order valence-electron chi connectivity index (χ2n) is 1.69. The Bertz CT molecular complexity index is 175. The van der Waals surface area contributed by atoms with Gasteiger partial charge in [0, 0.05) is 5.88 Å². The molecule has 0 unspecified atom stereocenters. The maximum absolute atomic E-state index is 10.8. The highest BCUT2D eigenvalue weighted by molar-refractivity contribution is 7.91. The second-order valence-corrected chi connectivity index (χ2v) is 5.58. The van der Waals surface area contributed by atoms with E-state index < -0.39 is 14.7 Å². The lowest BCUT2D eigenvalue weighted by molar-refractivity contribution is 0.598. The van der Waals surface area contributed by atoms with Crippen molar-refractivity contribution in [3.8, 4) is 0 Å². The topological polar surface area (TPSA) is 34.1 Å². The monoisotopic (exact) mass is 224 g/mol. The zero-order valence-corrected chi connectivity index (χ0v) is 8.14. The second kappa shape index (κ2) is 4.65. The largest absolute Gasteiger partial charge is 0.229 e. The van der Waals surface area contributed by atoms with Crippen LogP contribution in [0.3, 0.4) is 0 Å². The molecule has 62 valence electrons. The van der Waals surface area contributed by atoms with Gasteiger partial charge in [0.15, 0.2) is 9.84 Å². The number of halogens is 3. The van der Waals surface area contributed by atoms with Gasteiger partial charge in [0.05, 0.1) is 11.5 Å². The third-order valence-electron chi connectivity index (χ3n) is 0.768. The van der Waals surface area contributed by atoms with Crippen LogP contribution in [0.1, 0.15) is 0 Å². The van der Waals surface area contributed by atoms with Crippen LogP contribution in [0.2, 0.25) is 0 Å². The van der Waals surface area contributed by atoms with Crippen molar-refractivity contribution in [1.29, 1.82) is 0 Å². The van der Waals surface area contributed by atoms with Gasteiger partial charge in [0.1, 0.15) is 4.84 Å². The van der Waals surface area contributed by atoms with Crippen molar-refractivity contribution in [3.05, 3.63) is 0 Å². The highest BCUT2D eigenvalue weighted by Gasteiger charge is 2.13. The number of hydrogen-bond donors (Lipinski definition) is 0.